The summed E-state index contributed by atoms with van der Waals surface area (Å²) in [6.45, 7) is 0. The highest BCUT2D eigenvalue weighted by Gasteiger charge is 2.82. The minimum atomic E-state index is -2.38. The number of halogens is 1. The van der Waals surface area contributed by atoms with Crippen molar-refractivity contribution in [3.63, 3.8) is 0 Å². The van der Waals surface area contributed by atoms with Crippen molar-refractivity contribution in [3.8, 4) is 0 Å². The Kier molecular flexibility index (Phi) is 5.17. The molecule has 1 saturated carbocycles. The van der Waals surface area contributed by atoms with Gasteiger partial charge in [-0.1, -0.05) is 12.1 Å². The molecule has 1 saturated heterocycles. The topological polar surface area (TPSA) is 222 Å². The molecule has 14 heteroatoms. The van der Waals surface area contributed by atoms with Crippen molar-refractivity contribution < 1.29 is 34.2 Å². The minimum Gasteiger partial charge on any atom is -0.476 e. The summed E-state index contributed by atoms with van der Waals surface area (Å²) in [5.41, 5.74) is 13.0. The summed E-state index contributed by atoms with van der Waals surface area (Å²) in [6, 6.07) is 5.31. The molecule has 0 spiro atoms. The van der Waals surface area contributed by atoms with Crippen LogP contribution >= 0.6 is 15.9 Å². The van der Waals surface area contributed by atoms with Gasteiger partial charge in [0.15, 0.2) is 11.4 Å². The molecule has 1 aliphatic carbocycles. The van der Waals surface area contributed by atoms with E-state index in [4.69, 9.17) is 17.2 Å². The maximum Gasteiger partial charge on any atom is 0.520 e. The second-order valence-corrected chi connectivity index (χ2v) is 10.0. The number of amides is 4. The van der Waals surface area contributed by atoms with Crippen LogP contribution in [-0.4, -0.2) is 55.7 Å². The molecule has 4 atom stereocenters. The standard InChI is InChI=1S/C23H19BrN6O7/c24-10-6-12(15(18(25)31)28-8-10)23(20(33)34)7-9-5-14(9)30(23,22(36)37)17-11-3-1-2-4-13(11)29(21(27)35)16(17)19(26)32/h1-4,6,8-9,14H,5,7H2,(H7-,25,26,27,31,32,33,34,35,36,37)/p+1/t9-,14-,23-,30?/m1/s1. The molecule has 190 valence electrons. The molecule has 2 fully saturated rings. The van der Waals surface area contributed by atoms with Gasteiger partial charge in [0.1, 0.15) is 11.7 Å². The normalized spacial score (nSPS) is 26.0. The Morgan fingerprint density at radius 3 is 2.32 bits per heavy atom. The van der Waals surface area contributed by atoms with Crippen LogP contribution in [-0.2, 0) is 10.3 Å². The summed E-state index contributed by atoms with van der Waals surface area (Å²) in [5.74, 6) is -4.25. The number of carbonyl (C=O) groups excluding carboxylic acids is 3. The van der Waals surface area contributed by atoms with Crippen LogP contribution in [0.2, 0.25) is 0 Å². The molecule has 4 amide bonds. The molecule has 2 aromatic heterocycles. The number of aromatic nitrogens is 2. The number of piperidine rings is 1. The van der Waals surface area contributed by atoms with E-state index in [0.717, 1.165) is 4.57 Å². The van der Waals surface area contributed by atoms with E-state index in [2.05, 4.69) is 20.9 Å². The van der Waals surface area contributed by atoms with Crippen LogP contribution in [0.4, 0.5) is 15.3 Å². The fourth-order valence-corrected chi connectivity index (χ4v) is 6.46. The third-order valence-corrected chi connectivity index (χ3v) is 7.82. The largest absolute Gasteiger partial charge is 0.520 e. The summed E-state index contributed by atoms with van der Waals surface area (Å²) in [7, 11) is 0. The number of carboxylic acid groups (broad SMARTS) is 2. The van der Waals surface area contributed by atoms with Crippen molar-refractivity contribution in [3.05, 3.63) is 58.0 Å². The van der Waals surface area contributed by atoms with E-state index in [9.17, 15) is 34.2 Å². The van der Waals surface area contributed by atoms with Gasteiger partial charge in [0.25, 0.3) is 11.8 Å². The number of benzene rings is 1. The molecule has 3 aromatic rings. The molecular formula is C23H20BrN6O7+. The Bertz CT molecular complexity index is 1590. The van der Waals surface area contributed by atoms with Crippen molar-refractivity contribution in [2.24, 2.45) is 23.1 Å². The highest BCUT2D eigenvalue weighted by atomic mass is 79.9. The zero-order valence-corrected chi connectivity index (χ0v) is 20.5. The SMILES string of the molecule is NC(=O)c1ncc(Br)cc1[C@@]1(C(=O)O)C[C@H]2C[C@H]2[N+]1(C(=O)O)c1c(C(N)=O)n(C(N)=O)c2ccccc12. The van der Waals surface area contributed by atoms with Crippen LogP contribution in [0.3, 0.4) is 0 Å². The maximum absolute atomic E-state index is 13.5. The predicted molar refractivity (Wildman–Crippen MR) is 132 cm³/mol. The number of hydrogen-bond acceptors (Lipinski definition) is 6. The number of likely N-dealkylation sites (tertiary alicyclic amines) is 1. The van der Waals surface area contributed by atoms with Crippen molar-refractivity contribution >= 4 is 62.4 Å². The quantitative estimate of drug-likeness (QED) is 0.282. The molecule has 3 heterocycles. The molecule has 5 rings (SSSR count). The number of nitrogens with zero attached hydrogens (tertiary/aromatic N) is 3. The lowest BCUT2D eigenvalue weighted by Gasteiger charge is -2.43. The molecule has 1 aliphatic heterocycles. The van der Waals surface area contributed by atoms with Gasteiger partial charge in [-0.2, -0.15) is 9.28 Å². The first-order valence-electron chi connectivity index (χ1n) is 11.0. The number of aliphatic carboxylic acids is 1. The second-order valence-electron chi connectivity index (χ2n) is 9.10. The van der Waals surface area contributed by atoms with Crippen molar-refractivity contribution in [1.82, 2.24) is 14.0 Å². The second kappa shape index (κ2) is 7.85. The van der Waals surface area contributed by atoms with Gasteiger partial charge in [-0.25, -0.2) is 14.6 Å². The van der Waals surface area contributed by atoms with E-state index in [-0.39, 0.29) is 33.0 Å². The number of primary amides is 3. The lowest BCUT2D eigenvalue weighted by molar-refractivity contribution is -0.150. The fourth-order valence-electron chi connectivity index (χ4n) is 6.13. The monoisotopic (exact) mass is 571 g/mol. The van der Waals surface area contributed by atoms with Crippen molar-refractivity contribution in [1.29, 1.82) is 0 Å². The van der Waals surface area contributed by atoms with E-state index >= 15 is 0 Å². The zero-order valence-electron chi connectivity index (χ0n) is 18.9. The number of hydrogen-bond donors (Lipinski definition) is 5. The van der Waals surface area contributed by atoms with E-state index in [0.29, 0.717) is 6.42 Å². The summed E-state index contributed by atoms with van der Waals surface area (Å²) in [5, 5.41) is 21.9. The number of pyridine rings is 1. The molecule has 1 unspecified atom stereocenters. The van der Waals surface area contributed by atoms with E-state index in [1.54, 1.807) is 12.1 Å². The van der Waals surface area contributed by atoms with Gasteiger partial charge in [0.2, 0.25) is 5.54 Å². The lowest BCUT2D eigenvalue weighted by atomic mass is 9.81. The molecule has 8 N–H and O–H groups in total. The summed E-state index contributed by atoms with van der Waals surface area (Å²) in [4.78, 5) is 68.6. The Labute approximate surface area is 216 Å². The predicted octanol–water partition coefficient (Wildman–Crippen LogP) is 1.68. The number of quaternary nitrogens is 1. The van der Waals surface area contributed by atoms with Gasteiger partial charge in [0.05, 0.1) is 16.5 Å². The molecule has 0 bridgehead atoms. The summed E-state index contributed by atoms with van der Waals surface area (Å²) in [6.07, 6.45) is -0.301. The zero-order chi connectivity index (χ0) is 27.0. The highest BCUT2D eigenvalue weighted by molar-refractivity contribution is 9.10. The number of carboxylic acids is 1. The van der Waals surface area contributed by atoms with Gasteiger partial charge >= 0.3 is 18.1 Å². The van der Waals surface area contributed by atoms with Gasteiger partial charge in [-0.05, 0) is 34.1 Å². The van der Waals surface area contributed by atoms with Crippen LogP contribution in [0.15, 0.2) is 41.0 Å². The fraction of sp³-hybridized carbons (Fsp3) is 0.217. The number of nitrogens with two attached hydrogens (primary N) is 3. The molecule has 37 heavy (non-hydrogen) atoms. The first kappa shape index (κ1) is 24.4. The van der Waals surface area contributed by atoms with E-state index < -0.39 is 63.3 Å². The molecular weight excluding hydrogens is 552 g/mol. The third kappa shape index (κ3) is 2.93. The first-order chi connectivity index (χ1) is 17.4. The molecule has 13 nitrogen and oxygen atoms in total. The van der Waals surface area contributed by atoms with Crippen LogP contribution in [0.25, 0.3) is 10.9 Å². The molecule has 2 aliphatic rings. The van der Waals surface area contributed by atoms with E-state index in [1.165, 1.54) is 24.4 Å². The average Bonchev–Trinajstić information content (AvgIpc) is 3.38. The lowest BCUT2D eigenvalue weighted by Crippen LogP contribution is -2.69. The van der Waals surface area contributed by atoms with Crippen LogP contribution in [0, 0.1) is 5.92 Å². The highest BCUT2D eigenvalue weighted by Crippen LogP contribution is 2.66. The Morgan fingerprint density at radius 2 is 1.76 bits per heavy atom. The number of para-hydroxylation sites is 1. The third-order valence-electron chi connectivity index (χ3n) is 7.39. The van der Waals surface area contributed by atoms with Crippen molar-refractivity contribution in [2.45, 2.75) is 24.4 Å². The average molecular weight is 572 g/mol. The number of rotatable bonds is 5. The molecule has 0 radical (unpaired) electrons. The Hall–Kier alpha value is -4.30. The van der Waals surface area contributed by atoms with Crippen LogP contribution in [0.1, 0.15) is 39.4 Å². The minimum absolute atomic E-state index is 0.0726. The van der Waals surface area contributed by atoms with Gasteiger partial charge in [-0.15, -0.1) is 0 Å². The summed E-state index contributed by atoms with van der Waals surface area (Å²) >= 11 is 3.22. The number of carbonyl (C=O) groups is 5. The van der Waals surface area contributed by atoms with Crippen molar-refractivity contribution in [2.75, 3.05) is 0 Å². The van der Waals surface area contributed by atoms with Gasteiger partial charge < -0.3 is 27.4 Å². The first-order valence-corrected chi connectivity index (χ1v) is 11.8. The van der Waals surface area contributed by atoms with Crippen LogP contribution < -0.4 is 21.7 Å². The smallest absolute Gasteiger partial charge is 0.476 e. The van der Waals surface area contributed by atoms with E-state index in [1.807, 2.05) is 0 Å². The Balaban J connectivity index is 2.05. The number of fused-ring (bicyclic) bond motifs is 2. The summed E-state index contributed by atoms with van der Waals surface area (Å²) < 4.78 is -0.288. The maximum atomic E-state index is 13.5. The molecule has 1 aromatic carbocycles. The van der Waals surface area contributed by atoms with Crippen LogP contribution in [0.5, 0.6) is 0 Å². The Morgan fingerprint density at radius 1 is 1.08 bits per heavy atom. The van der Waals surface area contributed by atoms with Gasteiger partial charge in [-0.3, -0.25) is 14.2 Å². The van der Waals surface area contributed by atoms with Gasteiger partial charge in [0, 0.05) is 29.4 Å².